The number of hydrogen-bond donors (Lipinski definition) is 1. The van der Waals surface area contributed by atoms with Crippen LogP contribution in [0.2, 0.25) is 0 Å². The molecule has 118 valence electrons. The third-order valence-corrected chi connectivity index (χ3v) is 4.71. The number of urea groups is 1. The molecule has 1 saturated heterocycles. The summed E-state index contributed by atoms with van der Waals surface area (Å²) in [5.41, 5.74) is -1.00. The molecular weight excluding hydrogens is 268 g/mol. The number of nitrogens with zero attached hydrogens (tertiary/aromatic N) is 1. The molecule has 4 amide bonds. The van der Waals surface area contributed by atoms with E-state index in [1.807, 2.05) is 6.92 Å². The van der Waals surface area contributed by atoms with Gasteiger partial charge in [0.05, 0.1) is 0 Å². The molecule has 1 atom stereocenters. The second kappa shape index (κ2) is 6.16. The standard InChI is InChI=1S/C16H26N2O3/c1-11(2)10-12(3)18-14(20)16(13(19)17-15(18)21)8-6-4-5-7-9-16/h11-12H,4-10H2,1-3H3,(H,17,19,21). The van der Waals surface area contributed by atoms with Crippen LogP contribution in [0.1, 0.15) is 65.7 Å². The number of imide groups is 2. The molecule has 0 aromatic rings. The van der Waals surface area contributed by atoms with Gasteiger partial charge in [0.15, 0.2) is 0 Å². The highest BCUT2D eigenvalue weighted by Gasteiger charge is 2.54. The second-order valence-electron chi connectivity index (χ2n) is 6.91. The van der Waals surface area contributed by atoms with E-state index in [1.165, 1.54) is 4.90 Å². The molecule has 1 aliphatic carbocycles. The fraction of sp³-hybridized carbons (Fsp3) is 0.812. The van der Waals surface area contributed by atoms with Gasteiger partial charge in [-0.2, -0.15) is 0 Å². The number of hydrogen-bond acceptors (Lipinski definition) is 3. The largest absolute Gasteiger partial charge is 0.331 e. The van der Waals surface area contributed by atoms with Gasteiger partial charge in [0.2, 0.25) is 11.8 Å². The molecule has 1 unspecified atom stereocenters. The average molecular weight is 294 g/mol. The Kier molecular flexibility index (Phi) is 4.69. The summed E-state index contributed by atoms with van der Waals surface area (Å²) in [6, 6.07) is -0.723. The molecule has 2 aliphatic rings. The van der Waals surface area contributed by atoms with Crippen molar-refractivity contribution in [2.75, 3.05) is 0 Å². The van der Waals surface area contributed by atoms with Crippen molar-refractivity contribution in [3.8, 4) is 0 Å². The molecule has 0 aromatic carbocycles. The normalized spacial score (nSPS) is 24.2. The van der Waals surface area contributed by atoms with Gasteiger partial charge in [0.25, 0.3) is 0 Å². The first-order chi connectivity index (χ1) is 9.88. The molecule has 0 bridgehead atoms. The van der Waals surface area contributed by atoms with Crippen LogP contribution in [-0.4, -0.2) is 28.8 Å². The van der Waals surface area contributed by atoms with E-state index < -0.39 is 11.4 Å². The fourth-order valence-electron chi connectivity index (χ4n) is 3.66. The van der Waals surface area contributed by atoms with Crippen LogP contribution in [0.4, 0.5) is 4.79 Å². The Morgan fingerprint density at radius 1 is 1.05 bits per heavy atom. The predicted octanol–water partition coefficient (Wildman–Crippen LogP) is 2.84. The molecule has 1 spiro atoms. The summed E-state index contributed by atoms with van der Waals surface area (Å²) >= 11 is 0. The maximum absolute atomic E-state index is 12.9. The van der Waals surface area contributed by atoms with E-state index in [0.717, 1.165) is 32.1 Å². The first-order valence-electron chi connectivity index (χ1n) is 8.07. The first-order valence-corrected chi connectivity index (χ1v) is 8.07. The zero-order chi connectivity index (χ0) is 15.6. The van der Waals surface area contributed by atoms with E-state index in [-0.39, 0.29) is 17.9 Å². The maximum Gasteiger partial charge on any atom is 0.331 e. The van der Waals surface area contributed by atoms with Gasteiger partial charge in [-0.1, -0.05) is 39.5 Å². The Labute approximate surface area is 126 Å². The Morgan fingerprint density at radius 2 is 1.62 bits per heavy atom. The van der Waals surface area contributed by atoms with E-state index in [9.17, 15) is 14.4 Å². The van der Waals surface area contributed by atoms with Gasteiger partial charge in [-0.25, -0.2) is 4.79 Å². The van der Waals surface area contributed by atoms with Gasteiger partial charge < -0.3 is 0 Å². The molecule has 2 rings (SSSR count). The minimum Gasteiger partial charge on any atom is -0.277 e. The molecule has 1 aliphatic heterocycles. The highest BCUT2D eigenvalue weighted by Crippen LogP contribution is 2.39. The van der Waals surface area contributed by atoms with Crippen molar-refractivity contribution >= 4 is 17.8 Å². The Balaban J connectivity index is 2.28. The van der Waals surface area contributed by atoms with E-state index in [4.69, 9.17) is 0 Å². The number of amides is 4. The van der Waals surface area contributed by atoms with E-state index >= 15 is 0 Å². The number of nitrogens with one attached hydrogen (secondary N) is 1. The van der Waals surface area contributed by atoms with E-state index in [2.05, 4.69) is 19.2 Å². The summed E-state index contributed by atoms with van der Waals surface area (Å²) in [5, 5.41) is 2.43. The molecule has 0 aromatic heterocycles. The van der Waals surface area contributed by atoms with Gasteiger partial charge >= 0.3 is 6.03 Å². The highest BCUT2D eigenvalue weighted by molar-refractivity contribution is 6.19. The van der Waals surface area contributed by atoms with E-state index in [0.29, 0.717) is 18.8 Å². The molecule has 0 radical (unpaired) electrons. The van der Waals surface area contributed by atoms with Crippen LogP contribution in [0, 0.1) is 11.3 Å². The predicted molar refractivity (Wildman–Crippen MR) is 79.4 cm³/mol. The van der Waals surface area contributed by atoms with Crippen LogP contribution in [0.5, 0.6) is 0 Å². The van der Waals surface area contributed by atoms with Gasteiger partial charge in [0, 0.05) is 6.04 Å². The van der Waals surface area contributed by atoms with Crippen molar-refractivity contribution in [1.82, 2.24) is 10.2 Å². The highest BCUT2D eigenvalue weighted by atomic mass is 16.2. The van der Waals surface area contributed by atoms with Crippen molar-refractivity contribution in [1.29, 1.82) is 0 Å². The Morgan fingerprint density at radius 3 is 2.14 bits per heavy atom. The minimum atomic E-state index is -1.00. The lowest BCUT2D eigenvalue weighted by molar-refractivity contribution is -0.154. The smallest absolute Gasteiger partial charge is 0.277 e. The van der Waals surface area contributed by atoms with Gasteiger partial charge in [-0.3, -0.25) is 19.8 Å². The van der Waals surface area contributed by atoms with Crippen molar-refractivity contribution < 1.29 is 14.4 Å². The third-order valence-electron chi connectivity index (χ3n) is 4.71. The lowest BCUT2D eigenvalue weighted by Crippen LogP contribution is -2.65. The Bertz CT molecular complexity index is 437. The summed E-state index contributed by atoms with van der Waals surface area (Å²) in [4.78, 5) is 38.7. The molecule has 5 nitrogen and oxygen atoms in total. The SMILES string of the molecule is CC(C)CC(C)N1C(=O)NC(=O)C2(CCCCCC2)C1=O. The molecule has 1 saturated carbocycles. The molecule has 1 heterocycles. The minimum absolute atomic E-state index is 0.175. The number of rotatable bonds is 3. The lowest BCUT2D eigenvalue weighted by atomic mass is 9.76. The van der Waals surface area contributed by atoms with Crippen molar-refractivity contribution in [2.45, 2.75) is 71.8 Å². The summed E-state index contributed by atoms with van der Waals surface area (Å²) in [5.74, 6) is -0.262. The zero-order valence-electron chi connectivity index (χ0n) is 13.3. The summed E-state index contributed by atoms with van der Waals surface area (Å²) in [6.07, 6.45) is 5.74. The van der Waals surface area contributed by atoms with Crippen LogP contribution in [0.15, 0.2) is 0 Å². The Hall–Kier alpha value is -1.39. The van der Waals surface area contributed by atoms with Crippen molar-refractivity contribution in [3.05, 3.63) is 0 Å². The summed E-state index contributed by atoms with van der Waals surface area (Å²) in [6.45, 7) is 6.02. The quantitative estimate of drug-likeness (QED) is 0.814. The number of carbonyl (C=O) groups is 3. The topological polar surface area (TPSA) is 66.5 Å². The summed E-state index contributed by atoms with van der Waals surface area (Å²) in [7, 11) is 0. The van der Waals surface area contributed by atoms with E-state index in [1.54, 1.807) is 0 Å². The van der Waals surface area contributed by atoms with Crippen molar-refractivity contribution in [3.63, 3.8) is 0 Å². The van der Waals surface area contributed by atoms with Crippen molar-refractivity contribution in [2.24, 2.45) is 11.3 Å². The molecule has 5 heteroatoms. The third kappa shape index (κ3) is 2.97. The zero-order valence-corrected chi connectivity index (χ0v) is 13.3. The number of barbiturate groups is 1. The lowest BCUT2D eigenvalue weighted by Gasteiger charge is -2.41. The summed E-state index contributed by atoms with van der Waals surface area (Å²) < 4.78 is 0. The maximum atomic E-state index is 12.9. The van der Waals surface area contributed by atoms with Crippen LogP contribution in [-0.2, 0) is 9.59 Å². The van der Waals surface area contributed by atoms with Crippen LogP contribution in [0.3, 0.4) is 0 Å². The van der Waals surface area contributed by atoms with Crippen LogP contribution < -0.4 is 5.32 Å². The molecule has 1 N–H and O–H groups in total. The van der Waals surface area contributed by atoms with Gasteiger partial charge in [-0.05, 0) is 32.1 Å². The van der Waals surface area contributed by atoms with Gasteiger partial charge in [0.1, 0.15) is 5.41 Å². The fourth-order valence-corrected chi connectivity index (χ4v) is 3.66. The van der Waals surface area contributed by atoms with Crippen LogP contribution in [0.25, 0.3) is 0 Å². The first kappa shape index (κ1) is 16.0. The molecular formula is C16H26N2O3. The average Bonchev–Trinajstić information content (AvgIpc) is 2.62. The number of carbonyl (C=O) groups excluding carboxylic acids is 3. The van der Waals surface area contributed by atoms with Gasteiger partial charge in [-0.15, -0.1) is 0 Å². The molecule has 2 fully saturated rings. The van der Waals surface area contributed by atoms with Crippen LogP contribution >= 0.6 is 0 Å². The second-order valence-corrected chi connectivity index (χ2v) is 6.91. The molecule has 21 heavy (non-hydrogen) atoms. The monoisotopic (exact) mass is 294 g/mol.